The number of phosphoric ester groups is 2. The van der Waals surface area contributed by atoms with Crippen LogP contribution in [0.25, 0.3) is 0 Å². The zero-order valence-electron chi connectivity index (χ0n) is 59.1. The van der Waals surface area contributed by atoms with Crippen LogP contribution in [0.2, 0.25) is 0 Å². The van der Waals surface area contributed by atoms with Crippen molar-refractivity contribution in [3.05, 3.63) is 0 Å². The van der Waals surface area contributed by atoms with Crippen molar-refractivity contribution in [2.24, 2.45) is 11.8 Å². The van der Waals surface area contributed by atoms with Gasteiger partial charge in [-0.25, -0.2) is 9.13 Å². The van der Waals surface area contributed by atoms with Gasteiger partial charge in [-0.2, -0.15) is 0 Å². The fourth-order valence-corrected chi connectivity index (χ4v) is 12.5. The second-order valence-electron chi connectivity index (χ2n) is 26.9. The van der Waals surface area contributed by atoms with Crippen molar-refractivity contribution in [3.8, 4) is 0 Å². The molecule has 540 valence electrons. The predicted octanol–water partition coefficient (Wildman–Crippen LogP) is 20.8. The van der Waals surface area contributed by atoms with Crippen LogP contribution in [-0.2, 0) is 65.4 Å². The number of carbonyl (C=O) groups excluding carboxylic acids is 4. The van der Waals surface area contributed by atoms with Crippen LogP contribution >= 0.6 is 15.6 Å². The van der Waals surface area contributed by atoms with Crippen molar-refractivity contribution < 1.29 is 80.2 Å². The molecule has 0 heterocycles. The minimum absolute atomic E-state index is 0.106. The van der Waals surface area contributed by atoms with E-state index in [1.165, 1.54) is 186 Å². The maximum Gasteiger partial charge on any atom is 0.472 e. The highest BCUT2D eigenvalue weighted by atomic mass is 31.2. The average Bonchev–Trinajstić information content (AvgIpc) is 3.55. The third-order valence-electron chi connectivity index (χ3n) is 16.7. The molecular formula is C72H140O17P2. The molecule has 0 aliphatic heterocycles. The molecule has 0 saturated carbocycles. The molecule has 3 N–H and O–H groups in total. The number of carbonyl (C=O) groups is 4. The maximum absolute atomic E-state index is 13.0. The molecule has 17 nitrogen and oxygen atoms in total. The Balaban J connectivity index is 5.26. The molecule has 0 aromatic rings. The Labute approximate surface area is 556 Å². The number of hydrogen-bond acceptors (Lipinski definition) is 15. The second kappa shape index (κ2) is 64.1. The number of hydrogen-bond donors (Lipinski definition) is 3. The summed E-state index contributed by atoms with van der Waals surface area (Å²) in [5.41, 5.74) is 0. The lowest BCUT2D eigenvalue weighted by Gasteiger charge is -2.21. The summed E-state index contributed by atoms with van der Waals surface area (Å²) in [6.45, 7) is 9.54. The normalized spacial score (nSPS) is 14.1. The summed E-state index contributed by atoms with van der Waals surface area (Å²) < 4.78 is 68.4. The number of aliphatic hydroxyl groups excluding tert-OH is 1. The van der Waals surface area contributed by atoms with Gasteiger partial charge >= 0.3 is 39.5 Å². The number of unbranched alkanes of at least 4 members (excludes halogenated alkanes) is 41. The van der Waals surface area contributed by atoms with E-state index in [4.69, 9.17) is 37.0 Å². The number of ether oxygens (including phenoxy) is 4. The van der Waals surface area contributed by atoms with E-state index in [0.29, 0.717) is 25.7 Å². The van der Waals surface area contributed by atoms with Crippen molar-refractivity contribution in [3.63, 3.8) is 0 Å². The largest absolute Gasteiger partial charge is 0.472 e. The fourth-order valence-electron chi connectivity index (χ4n) is 10.9. The van der Waals surface area contributed by atoms with E-state index < -0.39 is 97.5 Å². The number of rotatable bonds is 71. The van der Waals surface area contributed by atoms with Gasteiger partial charge in [0.1, 0.15) is 19.3 Å². The van der Waals surface area contributed by atoms with Gasteiger partial charge in [0, 0.05) is 25.7 Å². The minimum Gasteiger partial charge on any atom is -0.462 e. The third-order valence-corrected chi connectivity index (χ3v) is 18.6. The van der Waals surface area contributed by atoms with Gasteiger partial charge in [0.25, 0.3) is 0 Å². The van der Waals surface area contributed by atoms with Gasteiger partial charge in [0.05, 0.1) is 26.4 Å². The van der Waals surface area contributed by atoms with Crippen molar-refractivity contribution in [2.45, 2.75) is 387 Å². The number of esters is 4. The van der Waals surface area contributed by atoms with E-state index in [-0.39, 0.29) is 25.7 Å². The molecule has 0 radical (unpaired) electrons. The summed E-state index contributed by atoms with van der Waals surface area (Å²) in [7, 11) is -9.90. The molecule has 0 aromatic heterocycles. The summed E-state index contributed by atoms with van der Waals surface area (Å²) in [6.07, 6.45) is 49.8. The lowest BCUT2D eigenvalue weighted by Crippen LogP contribution is -2.30. The summed E-state index contributed by atoms with van der Waals surface area (Å²) >= 11 is 0. The SMILES string of the molecule is CCCCCCCCCCCCCCCCC(=O)OC[C@H](COP(=O)(O)OC[C@@H](O)COP(=O)(O)OC[C@@H](COC(=O)CCCCCCCCCCCCC)OC(=O)CCCCCCCCCCCC(C)C)OC(=O)CCCCCCCCCCCCCC(C)C. The highest BCUT2D eigenvalue weighted by Gasteiger charge is 2.30. The van der Waals surface area contributed by atoms with Crippen LogP contribution in [0, 0.1) is 11.8 Å². The smallest absolute Gasteiger partial charge is 0.462 e. The Kier molecular flexibility index (Phi) is 62.7. The zero-order chi connectivity index (χ0) is 67.2. The summed E-state index contributed by atoms with van der Waals surface area (Å²) in [5.74, 6) is -0.618. The van der Waals surface area contributed by atoms with E-state index in [0.717, 1.165) is 102 Å². The maximum atomic E-state index is 13.0. The quantitative estimate of drug-likeness (QED) is 0.0222. The molecule has 19 heteroatoms. The Hall–Kier alpha value is -1.94. The number of phosphoric acid groups is 2. The molecule has 0 saturated heterocycles. The molecular weight excluding hydrogens is 1200 g/mol. The van der Waals surface area contributed by atoms with Gasteiger partial charge in [-0.05, 0) is 37.5 Å². The van der Waals surface area contributed by atoms with Crippen molar-refractivity contribution in [1.82, 2.24) is 0 Å². The first-order valence-corrected chi connectivity index (χ1v) is 40.5. The van der Waals surface area contributed by atoms with Gasteiger partial charge in [-0.1, -0.05) is 318 Å². The molecule has 0 aromatic carbocycles. The zero-order valence-corrected chi connectivity index (χ0v) is 60.9. The first-order chi connectivity index (χ1) is 43.9. The Bertz CT molecular complexity index is 1770. The molecule has 2 unspecified atom stereocenters. The molecule has 0 amide bonds. The van der Waals surface area contributed by atoms with Crippen molar-refractivity contribution in [1.29, 1.82) is 0 Å². The Morgan fingerprint density at radius 1 is 0.297 bits per heavy atom. The summed E-state index contributed by atoms with van der Waals surface area (Å²) in [5, 5.41) is 10.6. The van der Waals surface area contributed by atoms with Crippen LogP contribution in [0.15, 0.2) is 0 Å². The lowest BCUT2D eigenvalue weighted by molar-refractivity contribution is -0.161. The summed E-state index contributed by atoms with van der Waals surface area (Å²) in [4.78, 5) is 72.6. The van der Waals surface area contributed by atoms with Gasteiger partial charge in [0.15, 0.2) is 12.2 Å². The van der Waals surface area contributed by atoms with E-state index in [2.05, 4.69) is 41.5 Å². The number of aliphatic hydroxyl groups is 1. The first kappa shape index (κ1) is 89.1. The molecule has 0 rings (SSSR count). The van der Waals surface area contributed by atoms with E-state index in [1.54, 1.807) is 0 Å². The van der Waals surface area contributed by atoms with Crippen molar-refractivity contribution >= 4 is 39.5 Å². The van der Waals surface area contributed by atoms with E-state index in [9.17, 15) is 43.2 Å². The minimum atomic E-state index is -4.95. The molecule has 5 atom stereocenters. The van der Waals surface area contributed by atoms with Crippen LogP contribution in [0.4, 0.5) is 0 Å². The predicted molar refractivity (Wildman–Crippen MR) is 368 cm³/mol. The molecule has 0 aliphatic carbocycles. The lowest BCUT2D eigenvalue weighted by atomic mass is 10.0. The highest BCUT2D eigenvalue weighted by molar-refractivity contribution is 7.47. The fraction of sp³-hybridized carbons (Fsp3) is 0.944. The van der Waals surface area contributed by atoms with Crippen LogP contribution < -0.4 is 0 Å². The van der Waals surface area contributed by atoms with Gasteiger partial charge in [0.2, 0.25) is 0 Å². The standard InChI is InChI=1S/C72H140O17P2/c1-7-9-11-13-15-17-19-20-21-25-31-37-43-49-55-70(75)83-60-67(88-71(76)56-50-44-38-32-26-22-24-28-34-40-46-52-64(3)4)62-86-90(78,79)84-58-66(73)59-85-91(80,81)87-63-68(61-82-69(74)54-48-42-36-30-23-18-16-14-12-10-8-2)89-72(77)57-51-45-39-33-27-29-35-41-47-53-65(5)6/h64-68,73H,7-63H2,1-6H3,(H,78,79)(H,80,81)/t66-,67-,68-/m1/s1. The van der Waals surface area contributed by atoms with Crippen LogP contribution in [0.3, 0.4) is 0 Å². The monoisotopic (exact) mass is 1340 g/mol. The molecule has 0 aliphatic rings. The van der Waals surface area contributed by atoms with Gasteiger partial charge in [-0.15, -0.1) is 0 Å². The van der Waals surface area contributed by atoms with Crippen LogP contribution in [0.1, 0.15) is 369 Å². The van der Waals surface area contributed by atoms with Gasteiger partial charge in [-0.3, -0.25) is 37.3 Å². The van der Waals surface area contributed by atoms with Crippen molar-refractivity contribution in [2.75, 3.05) is 39.6 Å². The summed E-state index contributed by atoms with van der Waals surface area (Å²) in [6, 6.07) is 0. The van der Waals surface area contributed by atoms with Gasteiger partial charge < -0.3 is 33.8 Å². The Morgan fingerprint density at radius 2 is 0.505 bits per heavy atom. The topological polar surface area (TPSA) is 237 Å². The molecule has 91 heavy (non-hydrogen) atoms. The van der Waals surface area contributed by atoms with Crippen LogP contribution in [-0.4, -0.2) is 96.7 Å². The molecule has 0 bridgehead atoms. The van der Waals surface area contributed by atoms with Crippen LogP contribution in [0.5, 0.6) is 0 Å². The van der Waals surface area contributed by atoms with E-state index >= 15 is 0 Å². The molecule has 0 fully saturated rings. The second-order valence-corrected chi connectivity index (χ2v) is 29.8. The molecule has 0 spiro atoms. The first-order valence-electron chi connectivity index (χ1n) is 37.5. The van der Waals surface area contributed by atoms with E-state index in [1.807, 2.05) is 0 Å². The third kappa shape index (κ3) is 66.5. The highest BCUT2D eigenvalue weighted by Crippen LogP contribution is 2.45. The Morgan fingerprint density at radius 3 is 0.747 bits per heavy atom. The average molecular weight is 1340 g/mol.